The first-order valence-corrected chi connectivity index (χ1v) is 21.4. The maximum absolute atomic E-state index is 13.9. The third-order valence-corrected chi connectivity index (χ3v) is 10.6. The molecule has 12 N–H and O–H groups in total. The topological polar surface area (TPSA) is 344 Å². The van der Waals surface area contributed by atoms with Gasteiger partial charge in [-0.1, -0.05) is 61.3 Å². The molecule has 63 heavy (non-hydrogen) atoms. The van der Waals surface area contributed by atoms with Crippen LogP contribution in [0.15, 0.2) is 12.5 Å². The van der Waals surface area contributed by atoms with Crippen molar-refractivity contribution >= 4 is 53.3 Å². The molecule has 0 saturated carbocycles. The molecule has 354 valence electrons. The number of carbonyl (C=O) groups excluding carboxylic acids is 7. The van der Waals surface area contributed by atoms with E-state index in [1.165, 1.54) is 12.5 Å². The van der Waals surface area contributed by atoms with Gasteiger partial charge in [-0.25, -0.2) is 9.78 Å². The Balaban J connectivity index is 2.25. The molecule has 1 aromatic rings. The number of carboxylic acids is 2. The zero-order valence-corrected chi connectivity index (χ0v) is 37.5. The fourth-order valence-corrected chi connectivity index (χ4v) is 6.83. The normalized spacial score (nSPS) is 17.7. The van der Waals surface area contributed by atoms with Gasteiger partial charge in [0, 0.05) is 31.3 Å². The van der Waals surface area contributed by atoms with Crippen molar-refractivity contribution in [2.75, 3.05) is 6.54 Å². The van der Waals surface area contributed by atoms with Crippen molar-refractivity contribution in [3.63, 3.8) is 0 Å². The number of H-pyrrole nitrogens is 1. The van der Waals surface area contributed by atoms with Gasteiger partial charge in [-0.3, -0.25) is 38.4 Å². The van der Waals surface area contributed by atoms with Gasteiger partial charge in [-0.05, 0) is 56.8 Å². The van der Waals surface area contributed by atoms with Crippen molar-refractivity contribution in [2.45, 2.75) is 161 Å². The molecule has 0 unspecified atom stereocenters. The molecule has 0 aromatic carbocycles. The van der Waals surface area contributed by atoms with E-state index in [0.29, 0.717) is 25.0 Å². The molecule has 22 nitrogen and oxygen atoms in total. The minimum Gasteiger partial charge on any atom is -0.481 e. The molecular weight excluding hydrogens is 825 g/mol. The van der Waals surface area contributed by atoms with Gasteiger partial charge >= 0.3 is 11.9 Å². The summed E-state index contributed by atoms with van der Waals surface area (Å²) in [7, 11) is 0. The molecule has 0 aliphatic carbocycles. The first-order valence-electron chi connectivity index (χ1n) is 21.4. The second-order valence-electron chi connectivity index (χ2n) is 17.3. The van der Waals surface area contributed by atoms with Crippen LogP contribution in [0.3, 0.4) is 0 Å². The van der Waals surface area contributed by atoms with E-state index < -0.39 is 114 Å². The van der Waals surface area contributed by atoms with Gasteiger partial charge in [0.25, 0.3) is 5.91 Å². The highest BCUT2D eigenvalue weighted by atomic mass is 16.4. The van der Waals surface area contributed by atoms with Crippen LogP contribution in [0, 0.1) is 17.8 Å². The predicted molar refractivity (Wildman–Crippen MR) is 227 cm³/mol. The van der Waals surface area contributed by atoms with Crippen molar-refractivity contribution in [3.8, 4) is 0 Å². The smallest absolute Gasteiger partial charge is 0.326 e. The highest BCUT2D eigenvalue weighted by molar-refractivity contribution is 5.98. The molecule has 1 fully saturated rings. The molecule has 2 rings (SSSR count). The predicted octanol–water partition coefficient (Wildman–Crippen LogP) is -0.983. The Morgan fingerprint density at radius 2 is 1.43 bits per heavy atom. The first-order chi connectivity index (χ1) is 29.4. The Kier molecular flexibility index (Phi) is 21.1. The van der Waals surface area contributed by atoms with Crippen LogP contribution < -0.4 is 37.6 Å². The van der Waals surface area contributed by atoms with Crippen LogP contribution in [0.1, 0.15) is 112 Å². The lowest BCUT2D eigenvalue weighted by molar-refractivity contribution is -0.160. The molecule has 1 aliphatic heterocycles. The quantitative estimate of drug-likeness (QED) is 0.0498. The number of hydrogen-bond donors (Lipinski definition) is 11. The lowest BCUT2D eigenvalue weighted by Crippen LogP contribution is -2.64. The number of amides is 7. The van der Waals surface area contributed by atoms with Crippen LogP contribution in [0.5, 0.6) is 0 Å². The summed E-state index contributed by atoms with van der Waals surface area (Å²) in [5.74, 6) is -9.49. The zero-order valence-electron chi connectivity index (χ0n) is 37.5. The summed E-state index contributed by atoms with van der Waals surface area (Å²) in [5, 5.41) is 45.3. The SMILES string of the molecule is CCCC[C@H](NC(=O)[C@H](CCC(=O)O)NC(=O)[C@@H](NC(=O)[C@@H]1CCCN1C(=O)[C@@](C)(O)NC(=O)[C@H](CC(C)C)NC(=O)[C@H](Cc1cnc[nH]1)NC(=O)[C@@H](N)C(C)C)C(C)C)C(=O)O. The van der Waals surface area contributed by atoms with Crippen LogP contribution in [-0.2, 0) is 49.6 Å². The number of carbonyl (C=O) groups is 9. The Bertz CT molecular complexity index is 1750. The summed E-state index contributed by atoms with van der Waals surface area (Å²) in [6.07, 6.45) is 3.63. The van der Waals surface area contributed by atoms with Gasteiger partial charge in [-0.15, -0.1) is 0 Å². The summed E-state index contributed by atoms with van der Waals surface area (Å²) in [5.41, 5.74) is 3.93. The fourth-order valence-electron chi connectivity index (χ4n) is 6.83. The Morgan fingerprint density at radius 1 is 0.825 bits per heavy atom. The largest absolute Gasteiger partial charge is 0.481 e. The lowest BCUT2D eigenvalue weighted by Gasteiger charge is -2.34. The second kappa shape index (κ2) is 24.9. The molecule has 0 spiro atoms. The summed E-state index contributed by atoms with van der Waals surface area (Å²) in [6, 6.07) is -8.70. The van der Waals surface area contributed by atoms with Crippen molar-refractivity contribution in [1.29, 1.82) is 0 Å². The number of unbranched alkanes of at least 4 members (excludes halogenated alkanes) is 1. The number of imidazole rings is 1. The molecule has 1 aliphatic rings. The molecule has 1 saturated heterocycles. The maximum atomic E-state index is 13.9. The fraction of sp³-hybridized carbons (Fsp3) is 0.707. The van der Waals surface area contributed by atoms with E-state index in [0.717, 1.165) is 11.8 Å². The second-order valence-corrected chi connectivity index (χ2v) is 17.3. The summed E-state index contributed by atoms with van der Waals surface area (Å²) < 4.78 is 0. The molecule has 22 heteroatoms. The van der Waals surface area contributed by atoms with Crippen LogP contribution in [-0.4, -0.2) is 138 Å². The highest BCUT2D eigenvalue weighted by Crippen LogP contribution is 2.22. The van der Waals surface area contributed by atoms with E-state index >= 15 is 0 Å². The van der Waals surface area contributed by atoms with Crippen LogP contribution >= 0.6 is 0 Å². The van der Waals surface area contributed by atoms with E-state index in [2.05, 4.69) is 41.9 Å². The van der Waals surface area contributed by atoms with Gasteiger partial charge in [0.2, 0.25) is 41.2 Å². The van der Waals surface area contributed by atoms with Gasteiger partial charge in [0.05, 0.1) is 12.4 Å². The van der Waals surface area contributed by atoms with Crippen LogP contribution in [0.25, 0.3) is 0 Å². The maximum Gasteiger partial charge on any atom is 0.326 e. The van der Waals surface area contributed by atoms with Gasteiger partial charge in [0.1, 0.15) is 36.3 Å². The number of aliphatic hydroxyl groups is 1. The summed E-state index contributed by atoms with van der Waals surface area (Å²) in [4.78, 5) is 126. The summed E-state index contributed by atoms with van der Waals surface area (Å²) in [6.45, 7) is 13.1. The number of rotatable bonds is 26. The number of nitrogens with zero attached hydrogens (tertiary/aromatic N) is 2. The van der Waals surface area contributed by atoms with Crippen molar-refractivity contribution < 1.29 is 58.5 Å². The third-order valence-electron chi connectivity index (χ3n) is 10.6. The van der Waals surface area contributed by atoms with Crippen molar-refractivity contribution in [3.05, 3.63) is 18.2 Å². The molecular formula is C41H68N10O12. The number of hydrogen-bond acceptors (Lipinski definition) is 12. The van der Waals surface area contributed by atoms with Gasteiger partial charge in [0.15, 0.2) is 0 Å². The molecule has 7 amide bonds. The minimum atomic E-state index is -2.60. The number of likely N-dealkylation sites (tertiary alicyclic amines) is 1. The number of nitrogens with one attached hydrogen (secondary N) is 7. The molecule has 0 radical (unpaired) electrons. The molecule has 2 heterocycles. The Hall–Kier alpha value is -5.64. The lowest BCUT2D eigenvalue weighted by atomic mass is 10.0. The standard InChI is InChI=1S/C41H68N10O12/c1-9-10-12-26(39(60)61)46-33(54)25(14-15-30(52)53)45-38(59)32(23(6)7)49-36(57)29-13-11-16-51(29)40(62)41(8,63)50-35(56)27(17-21(2)3)47-34(55)28(18-24-19-43-20-44-24)48-37(58)31(42)22(4)5/h19-23,25-29,31-32,63H,9-18,42H2,1-8H3,(H,43,44)(H,45,59)(H,46,54)(H,47,55)(H,48,58)(H,49,57)(H,50,56)(H,52,53)(H,60,61)/t25-,26-,27-,28-,29-,31-,32-,41+/m0/s1. The molecule has 8 atom stereocenters. The Morgan fingerprint density at radius 3 is 1.97 bits per heavy atom. The average molecular weight is 893 g/mol. The number of aliphatic carboxylic acids is 2. The minimum absolute atomic E-state index is 0.0126. The van der Waals surface area contributed by atoms with Crippen molar-refractivity contribution in [1.82, 2.24) is 46.8 Å². The van der Waals surface area contributed by atoms with Gasteiger partial charge < -0.3 is 62.8 Å². The third kappa shape index (κ3) is 16.9. The Labute approximate surface area is 367 Å². The number of aromatic amines is 1. The number of carboxylic acid groups (broad SMARTS) is 2. The number of nitrogens with two attached hydrogens (primary N) is 1. The van der Waals surface area contributed by atoms with Crippen molar-refractivity contribution in [2.24, 2.45) is 23.5 Å². The van der Waals surface area contributed by atoms with E-state index in [4.69, 9.17) is 5.73 Å². The van der Waals surface area contributed by atoms with E-state index in [1.54, 1.807) is 41.5 Å². The van der Waals surface area contributed by atoms with E-state index in [9.17, 15) is 58.5 Å². The van der Waals surface area contributed by atoms with Gasteiger partial charge in [-0.2, -0.15) is 0 Å². The average Bonchev–Trinajstić information content (AvgIpc) is 3.91. The highest BCUT2D eigenvalue weighted by Gasteiger charge is 2.45. The number of aromatic nitrogens is 2. The summed E-state index contributed by atoms with van der Waals surface area (Å²) >= 11 is 0. The monoisotopic (exact) mass is 893 g/mol. The van der Waals surface area contributed by atoms with Crippen LogP contribution in [0.4, 0.5) is 0 Å². The first kappa shape index (κ1) is 53.5. The van der Waals surface area contributed by atoms with E-state index in [1.807, 2.05) is 6.92 Å². The molecule has 0 bridgehead atoms. The van der Waals surface area contributed by atoms with E-state index in [-0.39, 0.29) is 50.5 Å². The molecule has 1 aromatic heterocycles. The zero-order chi connectivity index (χ0) is 47.8. The van der Waals surface area contributed by atoms with Crippen LogP contribution in [0.2, 0.25) is 0 Å².